The number of aromatic hydroxyl groups is 2. The van der Waals surface area contributed by atoms with Crippen LogP contribution in [-0.4, -0.2) is 32.8 Å². The number of aromatic nitrogens is 2. The lowest BCUT2D eigenvalue weighted by atomic mass is 10.0. The van der Waals surface area contributed by atoms with Crippen molar-refractivity contribution in [3.8, 4) is 45.6 Å². The van der Waals surface area contributed by atoms with Crippen molar-refractivity contribution in [2.75, 3.05) is 7.11 Å². The summed E-state index contributed by atoms with van der Waals surface area (Å²) in [7, 11) is 1.52. The molecule has 2 N–H and O–H groups in total. The molecule has 0 saturated heterocycles. The number of hydrogen-bond acceptors (Lipinski definition) is 6. The van der Waals surface area contributed by atoms with Crippen LogP contribution in [0.4, 0.5) is 0 Å². The number of methoxy groups -OCH3 is 1. The first kappa shape index (κ1) is 18.4. The molecule has 4 rings (SSSR count). The van der Waals surface area contributed by atoms with Crippen LogP contribution in [-0.2, 0) is 0 Å². The van der Waals surface area contributed by atoms with Crippen molar-refractivity contribution in [1.29, 1.82) is 0 Å². The van der Waals surface area contributed by atoms with Crippen LogP contribution in [0, 0.1) is 0 Å². The van der Waals surface area contributed by atoms with Crippen molar-refractivity contribution in [3.05, 3.63) is 66.4 Å². The largest absolute Gasteiger partial charge is 0.503 e. The molecule has 7 heteroatoms. The van der Waals surface area contributed by atoms with Gasteiger partial charge in [-0.25, -0.2) is 0 Å². The van der Waals surface area contributed by atoms with E-state index in [4.69, 9.17) is 9.26 Å². The second kappa shape index (κ2) is 7.20. The van der Waals surface area contributed by atoms with Gasteiger partial charge >= 0.3 is 0 Å². The molecule has 0 aliphatic heterocycles. The third-order valence-corrected chi connectivity index (χ3v) is 4.69. The summed E-state index contributed by atoms with van der Waals surface area (Å²) in [6.45, 7) is 1.34. The van der Waals surface area contributed by atoms with Crippen molar-refractivity contribution in [3.63, 3.8) is 0 Å². The van der Waals surface area contributed by atoms with Crippen LogP contribution < -0.4 is 4.74 Å². The van der Waals surface area contributed by atoms with E-state index >= 15 is 0 Å². The van der Waals surface area contributed by atoms with Gasteiger partial charge in [0.25, 0.3) is 0 Å². The first-order valence-electron chi connectivity index (χ1n) is 8.85. The van der Waals surface area contributed by atoms with Gasteiger partial charge in [0, 0.05) is 22.9 Å². The molecular formula is C22H18N2O5. The first-order valence-corrected chi connectivity index (χ1v) is 8.85. The summed E-state index contributed by atoms with van der Waals surface area (Å²) in [6.07, 6.45) is 1.48. The molecule has 0 atom stereocenters. The number of hydrogen-bond donors (Lipinski definition) is 2. The zero-order valence-electron chi connectivity index (χ0n) is 15.8. The molecule has 0 aliphatic rings. The van der Waals surface area contributed by atoms with Gasteiger partial charge in [-0.05, 0) is 31.2 Å². The fourth-order valence-corrected chi connectivity index (χ4v) is 3.37. The molecule has 0 aliphatic carbocycles. The van der Waals surface area contributed by atoms with E-state index in [1.54, 1.807) is 42.5 Å². The third-order valence-electron chi connectivity index (χ3n) is 4.69. The highest BCUT2D eigenvalue weighted by molar-refractivity contribution is 6.05. The van der Waals surface area contributed by atoms with Crippen LogP contribution >= 0.6 is 0 Å². The molecule has 0 spiro atoms. The number of ketones is 1. The van der Waals surface area contributed by atoms with Gasteiger partial charge in [0.05, 0.1) is 18.4 Å². The first-order chi connectivity index (χ1) is 14.0. The van der Waals surface area contributed by atoms with Crippen LogP contribution in [0.15, 0.2) is 65.4 Å². The number of rotatable bonds is 5. The lowest BCUT2D eigenvalue weighted by Gasteiger charge is -2.14. The maximum atomic E-state index is 12.3. The average Bonchev–Trinajstić information content (AvgIpc) is 3.35. The second-order valence-corrected chi connectivity index (χ2v) is 6.42. The highest BCUT2D eigenvalue weighted by Crippen LogP contribution is 2.45. The monoisotopic (exact) mass is 390 g/mol. The highest BCUT2D eigenvalue weighted by atomic mass is 16.5. The number of para-hydroxylation sites is 1. The minimum Gasteiger partial charge on any atom is -0.503 e. The zero-order valence-corrected chi connectivity index (χ0v) is 15.8. The quantitative estimate of drug-likeness (QED) is 0.490. The Balaban J connectivity index is 1.96. The molecular weight excluding hydrogens is 372 g/mol. The standard InChI is InChI=1S/C22H18N2O5/c1-13(25)19-20(16-5-3-4-6-18(16)28-2)24(22(27)21(19)26)15-9-7-14(8-10-15)17-11-12-29-23-17/h3-12,26-27H,1-2H3. The summed E-state index contributed by atoms with van der Waals surface area (Å²) in [5, 5.41) is 25.1. The van der Waals surface area contributed by atoms with Crippen molar-refractivity contribution in [1.82, 2.24) is 9.72 Å². The van der Waals surface area contributed by atoms with E-state index in [1.807, 2.05) is 12.1 Å². The predicted octanol–water partition coefficient (Wildman–Crippen LogP) is 4.42. The summed E-state index contributed by atoms with van der Waals surface area (Å²) < 4.78 is 11.7. The number of carbonyl (C=O) groups excluding carboxylic acids is 1. The van der Waals surface area contributed by atoms with Crippen molar-refractivity contribution in [2.24, 2.45) is 0 Å². The lowest BCUT2D eigenvalue weighted by Crippen LogP contribution is -2.02. The Morgan fingerprint density at radius 1 is 1.07 bits per heavy atom. The number of benzene rings is 2. The Morgan fingerprint density at radius 3 is 2.41 bits per heavy atom. The van der Waals surface area contributed by atoms with E-state index in [9.17, 15) is 15.0 Å². The summed E-state index contributed by atoms with van der Waals surface area (Å²) in [4.78, 5) is 12.3. The SMILES string of the molecule is COc1ccccc1-c1c(C(C)=O)c(O)c(O)n1-c1ccc(-c2ccon2)cc1. The third kappa shape index (κ3) is 3.02. The Labute approximate surface area is 166 Å². The summed E-state index contributed by atoms with van der Waals surface area (Å²) in [6, 6.07) is 16.0. The van der Waals surface area contributed by atoms with Crippen molar-refractivity contribution >= 4 is 5.78 Å². The van der Waals surface area contributed by atoms with Gasteiger partial charge in [0.1, 0.15) is 17.7 Å². The van der Waals surface area contributed by atoms with Gasteiger partial charge in [0.15, 0.2) is 11.5 Å². The molecule has 0 unspecified atom stereocenters. The molecule has 0 saturated carbocycles. The van der Waals surface area contributed by atoms with Crippen LogP contribution in [0.2, 0.25) is 0 Å². The molecule has 0 radical (unpaired) electrons. The van der Waals surface area contributed by atoms with Crippen LogP contribution in [0.3, 0.4) is 0 Å². The molecule has 2 heterocycles. The van der Waals surface area contributed by atoms with Crippen molar-refractivity contribution < 1.29 is 24.3 Å². The molecule has 7 nitrogen and oxygen atoms in total. The number of nitrogens with zero attached hydrogens (tertiary/aromatic N) is 2. The molecule has 146 valence electrons. The fourth-order valence-electron chi connectivity index (χ4n) is 3.37. The van der Waals surface area contributed by atoms with Gasteiger partial charge < -0.3 is 19.5 Å². The molecule has 0 fully saturated rings. The molecule has 2 aromatic carbocycles. The smallest absolute Gasteiger partial charge is 0.240 e. The number of Topliss-reactive ketones (excluding diaryl/α,β-unsaturated/α-hetero) is 1. The van der Waals surface area contributed by atoms with Crippen LogP contribution in [0.25, 0.3) is 28.2 Å². The summed E-state index contributed by atoms with van der Waals surface area (Å²) in [5.74, 6) is -0.770. The van der Waals surface area contributed by atoms with Gasteiger partial charge in [0.2, 0.25) is 5.88 Å². The molecule has 29 heavy (non-hydrogen) atoms. The highest BCUT2D eigenvalue weighted by Gasteiger charge is 2.28. The van der Waals surface area contributed by atoms with Gasteiger partial charge in [-0.15, -0.1) is 0 Å². The maximum Gasteiger partial charge on any atom is 0.240 e. The van der Waals surface area contributed by atoms with E-state index in [0.717, 1.165) is 5.56 Å². The minimum absolute atomic E-state index is 0.0209. The van der Waals surface area contributed by atoms with Crippen LogP contribution in [0.5, 0.6) is 17.4 Å². The zero-order chi connectivity index (χ0) is 20.5. The van der Waals surface area contributed by atoms with E-state index in [2.05, 4.69) is 5.16 Å². The Hall–Kier alpha value is -4.00. The fraction of sp³-hybridized carbons (Fsp3) is 0.0909. The van der Waals surface area contributed by atoms with Gasteiger partial charge in [-0.3, -0.25) is 9.36 Å². The predicted molar refractivity (Wildman–Crippen MR) is 107 cm³/mol. The number of carbonyl (C=O) groups is 1. The molecule has 2 aromatic heterocycles. The Morgan fingerprint density at radius 2 is 1.79 bits per heavy atom. The van der Waals surface area contributed by atoms with Crippen LogP contribution in [0.1, 0.15) is 17.3 Å². The van der Waals surface area contributed by atoms with E-state index in [1.165, 1.54) is 24.9 Å². The van der Waals surface area contributed by atoms with E-state index < -0.39 is 11.6 Å². The minimum atomic E-state index is -0.473. The molecule has 4 aromatic rings. The van der Waals surface area contributed by atoms with Gasteiger partial charge in [-0.2, -0.15) is 0 Å². The Kier molecular flexibility index (Phi) is 4.56. The summed E-state index contributed by atoms with van der Waals surface area (Å²) in [5.41, 5.74) is 2.98. The van der Waals surface area contributed by atoms with Gasteiger partial charge in [-0.1, -0.05) is 29.4 Å². The molecule has 0 bridgehead atoms. The number of ether oxygens (including phenoxy) is 1. The topological polar surface area (TPSA) is 97.7 Å². The molecule has 0 amide bonds. The average molecular weight is 390 g/mol. The van der Waals surface area contributed by atoms with Crippen molar-refractivity contribution in [2.45, 2.75) is 6.92 Å². The van der Waals surface area contributed by atoms with E-state index in [-0.39, 0.29) is 11.3 Å². The maximum absolute atomic E-state index is 12.3. The normalized spacial score (nSPS) is 10.8. The lowest BCUT2D eigenvalue weighted by molar-refractivity contribution is 0.101. The van der Waals surface area contributed by atoms with E-state index in [0.29, 0.717) is 28.4 Å². The second-order valence-electron chi connectivity index (χ2n) is 6.42. The summed E-state index contributed by atoms with van der Waals surface area (Å²) >= 11 is 0. The Bertz CT molecular complexity index is 1170.